The van der Waals surface area contributed by atoms with Crippen LogP contribution in [-0.4, -0.2) is 63.8 Å². The molecule has 0 amide bonds. The van der Waals surface area contributed by atoms with Crippen molar-refractivity contribution in [2.75, 3.05) is 40.8 Å². The fraction of sp³-hybridized carbons (Fsp3) is 0.933. The zero-order valence-electron chi connectivity index (χ0n) is 14.0. The number of hydrogen-bond donors (Lipinski definition) is 2. The Kier molecular flexibility index (Phi) is 6.76. The summed E-state index contributed by atoms with van der Waals surface area (Å²) in [5, 5.41) is 6.78. The number of nitrogens with zero attached hydrogens (tertiary/aromatic N) is 2. The molecule has 1 fully saturated rings. The Bertz CT molecular complexity index is 311. The van der Waals surface area contributed by atoms with Crippen LogP contribution in [0, 0.1) is 5.41 Å². The zero-order chi connectivity index (χ0) is 15.2. The summed E-state index contributed by atoms with van der Waals surface area (Å²) >= 11 is 0. The summed E-state index contributed by atoms with van der Waals surface area (Å²) in [7, 11) is 5.77. The number of aliphatic imine (C=N–C) groups is 1. The summed E-state index contributed by atoms with van der Waals surface area (Å²) in [5.74, 6) is 0.858. The van der Waals surface area contributed by atoms with E-state index in [-0.39, 0.29) is 11.5 Å². The van der Waals surface area contributed by atoms with Gasteiger partial charge in [0.2, 0.25) is 0 Å². The van der Waals surface area contributed by atoms with E-state index in [4.69, 9.17) is 4.74 Å². The number of ether oxygens (including phenoxy) is 1. The van der Waals surface area contributed by atoms with E-state index in [9.17, 15) is 0 Å². The first-order valence-electron chi connectivity index (χ1n) is 7.56. The first-order chi connectivity index (χ1) is 9.38. The minimum atomic E-state index is 0.117. The van der Waals surface area contributed by atoms with Gasteiger partial charge in [0, 0.05) is 33.3 Å². The van der Waals surface area contributed by atoms with Gasteiger partial charge < -0.3 is 20.3 Å². The molecule has 0 aromatic heterocycles. The fourth-order valence-electron chi connectivity index (χ4n) is 2.60. The number of guanidine groups is 1. The minimum absolute atomic E-state index is 0.117. The summed E-state index contributed by atoms with van der Waals surface area (Å²) in [4.78, 5) is 6.69. The third-order valence-corrected chi connectivity index (χ3v) is 4.11. The van der Waals surface area contributed by atoms with Crippen molar-refractivity contribution in [3.05, 3.63) is 0 Å². The summed E-state index contributed by atoms with van der Waals surface area (Å²) in [6, 6.07) is 0.620. The Balaban J connectivity index is 2.36. The van der Waals surface area contributed by atoms with Crippen LogP contribution < -0.4 is 10.6 Å². The smallest absolute Gasteiger partial charge is 0.191 e. The molecule has 0 radical (unpaired) electrons. The number of rotatable bonds is 5. The number of methoxy groups -OCH3 is 1. The first kappa shape index (κ1) is 17.2. The van der Waals surface area contributed by atoms with Crippen LogP contribution >= 0.6 is 0 Å². The van der Waals surface area contributed by atoms with Gasteiger partial charge in [-0.15, -0.1) is 0 Å². The molecule has 0 aliphatic carbocycles. The second-order valence-corrected chi connectivity index (χ2v) is 6.70. The molecule has 0 aromatic rings. The van der Waals surface area contributed by atoms with Crippen LogP contribution in [0.4, 0.5) is 0 Å². The average molecular weight is 284 g/mol. The van der Waals surface area contributed by atoms with Crippen molar-refractivity contribution in [2.24, 2.45) is 10.4 Å². The van der Waals surface area contributed by atoms with Crippen LogP contribution in [0.3, 0.4) is 0 Å². The standard InChI is InChI=1S/C15H32N4O/c1-15(2,3)13(20-6)11-18-14(16-4)17-10-12-8-7-9-19(12)5/h12-13H,7-11H2,1-6H3,(H2,16,17,18). The third kappa shape index (κ3) is 5.29. The molecule has 2 atom stereocenters. The Morgan fingerprint density at radius 3 is 2.55 bits per heavy atom. The summed E-state index contributed by atoms with van der Waals surface area (Å²) in [6.45, 7) is 9.48. The molecule has 1 saturated heterocycles. The average Bonchev–Trinajstić information content (AvgIpc) is 2.78. The highest BCUT2D eigenvalue weighted by molar-refractivity contribution is 5.79. The third-order valence-electron chi connectivity index (χ3n) is 4.11. The Labute approximate surface area is 124 Å². The zero-order valence-corrected chi connectivity index (χ0v) is 14.0. The lowest BCUT2D eigenvalue weighted by Crippen LogP contribution is -2.48. The molecule has 0 aromatic carbocycles. The molecule has 1 aliphatic rings. The van der Waals surface area contributed by atoms with Gasteiger partial charge in [0.25, 0.3) is 0 Å². The molecule has 1 rings (SSSR count). The van der Waals surface area contributed by atoms with Crippen molar-refractivity contribution >= 4 is 5.96 Å². The van der Waals surface area contributed by atoms with Crippen molar-refractivity contribution in [1.29, 1.82) is 0 Å². The van der Waals surface area contributed by atoms with Crippen LogP contribution in [0.15, 0.2) is 4.99 Å². The monoisotopic (exact) mass is 284 g/mol. The van der Waals surface area contributed by atoms with Crippen molar-refractivity contribution < 1.29 is 4.74 Å². The molecule has 20 heavy (non-hydrogen) atoms. The molecule has 1 aliphatic heterocycles. The van der Waals surface area contributed by atoms with E-state index < -0.39 is 0 Å². The van der Waals surface area contributed by atoms with Crippen LogP contribution in [0.5, 0.6) is 0 Å². The highest BCUT2D eigenvalue weighted by Crippen LogP contribution is 2.20. The largest absolute Gasteiger partial charge is 0.379 e. The lowest BCUT2D eigenvalue weighted by atomic mass is 9.89. The normalized spacial score (nSPS) is 22.9. The topological polar surface area (TPSA) is 48.9 Å². The van der Waals surface area contributed by atoms with Gasteiger partial charge in [0.1, 0.15) is 0 Å². The molecule has 0 spiro atoms. The van der Waals surface area contributed by atoms with Gasteiger partial charge in [0.15, 0.2) is 5.96 Å². The van der Waals surface area contributed by atoms with Crippen LogP contribution in [0.2, 0.25) is 0 Å². The molecule has 118 valence electrons. The number of likely N-dealkylation sites (tertiary alicyclic amines) is 1. The van der Waals surface area contributed by atoms with E-state index in [1.165, 1.54) is 19.4 Å². The van der Waals surface area contributed by atoms with Crippen molar-refractivity contribution in [3.8, 4) is 0 Å². The van der Waals surface area contributed by atoms with Gasteiger partial charge in [-0.3, -0.25) is 4.99 Å². The number of nitrogens with one attached hydrogen (secondary N) is 2. The molecular weight excluding hydrogens is 252 g/mol. The highest BCUT2D eigenvalue weighted by Gasteiger charge is 2.25. The highest BCUT2D eigenvalue weighted by atomic mass is 16.5. The van der Waals surface area contributed by atoms with E-state index in [0.29, 0.717) is 6.04 Å². The van der Waals surface area contributed by atoms with Gasteiger partial charge in [0.05, 0.1) is 6.10 Å². The predicted octanol–water partition coefficient (Wildman–Crippen LogP) is 1.31. The van der Waals surface area contributed by atoms with Crippen LogP contribution in [-0.2, 0) is 4.74 Å². The molecule has 2 N–H and O–H groups in total. The maximum atomic E-state index is 5.55. The molecule has 5 nitrogen and oxygen atoms in total. The maximum absolute atomic E-state index is 5.55. The van der Waals surface area contributed by atoms with Crippen LogP contribution in [0.25, 0.3) is 0 Å². The van der Waals surface area contributed by atoms with E-state index in [2.05, 4.69) is 48.3 Å². The van der Waals surface area contributed by atoms with Gasteiger partial charge in [-0.1, -0.05) is 20.8 Å². The summed E-state index contributed by atoms with van der Waals surface area (Å²) in [6.07, 6.45) is 2.73. The molecular formula is C15H32N4O. The molecule has 0 bridgehead atoms. The summed E-state index contributed by atoms with van der Waals surface area (Å²) < 4.78 is 5.55. The minimum Gasteiger partial charge on any atom is -0.379 e. The Hall–Kier alpha value is -0.810. The lowest BCUT2D eigenvalue weighted by Gasteiger charge is -2.30. The first-order valence-corrected chi connectivity index (χ1v) is 7.56. The second-order valence-electron chi connectivity index (χ2n) is 6.70. The van der Waals surface area contributed by atoms with Gasteiger partial charge in [-0.2, -0.15) is 0 Å². The van der Waals surface area contributed by atoms with E-state index in [0.717, 1.165) is 19.0 Å². The van der Waals surface area contributed by atoms with E-state index >= 15 is 0 Å². The molecule has 2 unspecified atom stereocenters. The van der Waals surface area contributed by atoms with Crippen molar-refractivity contribution in [3.63, 3.8) is 0 Å². The predicted molar refractivity (Wildman–Crippen MR) is 85.3 cm³/mol. The van der Waals surface area contributed by atoms with Crippen molar-refractivity contribution in [2.45, 2.75) is 45.8 Å². The quantitative estimate of drug-likeness (QED) is 0.590. The number of hydrogen-bond acceptors (Lipinski definition) is 3. The van der Waals surface area contributed by atoms with Gasteiger partial charge in [-0.05, 0) is 31.8 Å². The molecule has 1 heterocycles. The molecule has 0 saturated carbocycles. The Morgan fingerprint density at radius 1 is 1.40 bits per heavy atom. The van der Waals surface area contributed by atoms with Gasteiger partial charge in [-0.25, -0.2) is 0 Å². The maximum Gasteiger partial charge on any atom is 0.191 e. The fourth-order valence-corrected chi connectivity index (χ4v) is 2.60. The molecule has 5 heteroatoms. The second kappa shape index (κ2) is 7.84. The Morgan fingerprint density at radius 2 is 2.10 bits per heavy atom. The SMILES string of the molecule is CN=C(NCC1CCCN1C)NCC(OC)C(C)(C)C. The van der Waals surface area contributed by atoms with Crippen molar-refractivity contribution in [1.82, 2.24) is 15.5 Å². The van der Waals surface area contributed by atoms with E-state index in [1.54, 1.807) is 7.11 Å². The lowest BCUT2D eigenvalue weighted by molar-refractivity contribution is 0.0205. The van der Waals surface area contributed by atoms with Crippen LogP contribution in [0.1, 0.15) is 33.6 Å². The number of likely N-dealkylation sites (N-methyl/N-ethyl adjacent to an activating group) is 1. The van der Waals surface area contributed by atoms with E-state index in [1.807, 2.05) is 7.05 Å². The van der Waals surface area contributed by atoms with Gasteiger partial charge >= 0.3 is 0 Å². The summed E-state index contributed by atoms with van der Waals surface area (Å²) in [5.41, 5.74) is 0.117.